The highest BCUT2D eigenvalue weighted by molar-refractivity contribution is 5.23. The molecule has 3 N–H and O–H groups in total. The van der Waals surface area contributed by atoms with Crippen molar-refractivity contribution in [2.45, 2.75) is 25.4 Å². The van der Waals surface area contributed by atoms with Crippen LogP contribution in [0.1, 0.15) is 25.5 Å². The van der Waals surface area contributed by atoms with Crippen LogP contribution >= 0.6 is 0 Å². The number of hydrazine groups is 1. The highest BCUT2D eigenvalue weighted by Crippen LogP contribution is 2.31. The first-order valence-electron chi connectivity index (χ1n) is 6.60. The average Bonchev–Trinajstić information content (AvgIpc) is 2.40. The van der Waals surface area contributed by atoms with Crippen molar-refractivity contribution >= 4 is 0 Å². The minimum Gasteiger partial charge on any atom is -0.379 e. The van der Waals surface area contributed by atoms with Gasteiger partial charge >= 0.3 is 0 Å². The molecule has 0 aliphatic carbocycles. The van der Waals surface area contributed by atoms with Crippen LogP contribution in [0.15, 0.2) is 24.3 Å². The Morgan fingerprint density at radius 1 is 1.37 bits per heavy atom. The van der Waals surface area contributed by atoms with E-state index in [1.54, 1.807) is 6.07 Å². The summed E-state index contributed by atoms with van der Waals surface area (Å²) in [5, 5.41) is 0. The molecule has 0 radical (unpaired) electrons. The second-order valence-electron chi connectivity index (χ2n) is 5.41. The Morgan fingerprint density at radius 2 is 2.05 bits per heavy atom. The zero-order valence-corrected chi connectivity index (χ0v) is 11.5. The highest BCUT2D eigenvalue weighted by atomic mass is 19.1. The van der Waals surface area contributed by atoms with Crippen molar-refractivity contribution in [1.29, 1.82) is 0 Å². The van der Waals surface area contributed by atoms with Crippen LogP contribution < -0.4 is 11.3 Å². The summed E-state index contributed by atoms with van der Waals surface area (Å²) < 4.78 is 18.8. The number of halogens is 1. The lowest BCUT2D eigenvalue weighted by molar-refractivity contribution is -0.0238. The standard InChI is InChI=1S/C14H22FN3O/c1-14(2,18-6-8-19-9-7-18)13(17-16)11-4-3-5-12(15)10-11/h3-5,10,13,17H,6-9,16H2,1-2H3. The van der Waals surface area contributed by atoms with E-state index in [4.69, 9.17) is 10.6 Å². The van der Waals surface area contributed by atoms with Crippen LogP contribution in [-0.2, 0) is 4.74 Å². The van der Waals surface area contributed by atoms with Gasteiger partial charge in [0.25, 0.3) is 0 Å². The summed E-state index contributed by atoms with van der Waals surface area (Å²) in [5.41, 5.74) is 3.48. The van der Waals surface area contributed by atoms with Gasteiger partial charge in [0, 0.05) is 18.6 Å². The van der Waals surface area contributed by atoms with Crippen molar-refractivity contribution in [3.63, 3.8) is 0 Å². The average molecular weight is 267 g/mol. The van der Waals surface area contributed by atoms with Gasteiger partial charge in [-0.2, -0.15) is 0 Å². The Morgan fingerprint density at radius 3 is 2.63 bits per heavy atom. The molecule has 19 heavy (non-hydrogen) atoms. The molecule has 4 nitrogen and oxygen atoms in total. The van der Waals surface area contributed by atoms with Crippen molar-refractivity contribution < 1.29 is 9.13 Å². The fourth-order valence-corrected chi connectivity index (χ4v) is 2.72. The maximum atomic E-state index is 13.4. The summed E-state index contributed by atoms with van der Waals surface area (Å²) in [5.74, 6) is 5.48. The van der Waals surface area contributed by atoms with Gasteiger partial charge in [-0.3, -0.25) is 16.2 Å². The fourth-order valence-electron chi connectivity index (χ4n) is 2.72. The normalized spacial score (nSPS) is 19.4. The van der Waals surface area contributed by atoms with Crippen molar-refractivity contribution in [3.8, 4) is 0 Å². The lowest BCUT2D eigenvalue weighted by Gasteiger charge is -2.45. The Hall–Kier alpha value is -1.01. The molecule has 106 valence electrons. The summed E-state index contributed by atoms with van der Waals surface area (Å²) in [6.07, 6.45) is 0. The number of benzene rings is 1. The Bertz CT molecular complexity index is 419. The van der Waals surface area contributed by atoms with E-state index in [0.717, 1.165) is 31.9 Å². The molecule has 1 fully saturated rings. The molecule has 0 saturated carbocycles. The Labute approximate surface area is 113 Å². The van der Waals surface area contributed by atoms with Crippen LogP contribution in [0.2, 0.25) is 0 Å². The first-order chi connectivity index (χ1) is 9.05. The molecule has 1 aromatic carbocycles. The molecular weight excluding hydrogens is 245 g/mol. The Kier molecular flexibility index (Phi) is 4.52. The van der Waals surface area contributed by atoms with Crippen molar-refractivity contribution in [1.82, 2.24) is 10.3 Å². The zero-order valence-electron chi connectivity index (χ0n) is 11.5. The number of nitrogens with zero attached hydrogens (tertiary/aromatic N) is 1. The summed E-state index contributed by atoms with van der Waals surface area (Å²) in [7, 11) is 0. The van der Waals surface area contributed by atoms with E-state index in [1.165, 1.54) is 12.1 Å². The Balaban J connectivity index is 2.24. The molecule has 1 aliphatic heterocycles. The number of hydrogen-bond donors (Lipinski definition) is 2. The predicted molar refractivity (Wildman–Crippen MR) is 72.9 cm³/mol. The maximum Gasteiger partial charge on any atom is 0.123 e. The number of morpholine rings is 1. The molecule has 1 heterocycles. The van der Waals surface area contributed by atoms with Gasteiger partial charge in [-0.1, -0.05) is 12.1 Å². The number of nitrogens with one attached hydrogen (secondary N) is 1. The van der Waals surface area contributed by atoms with Crippen LogP contribution in [0.5, 0.6) is 0 Å². The monoisotopic (exact) mass is 267 g/mol. The van der Waals surface area contributed by atoms with Crippen molar-refractivity contribution in [2.75, 3.05) is 26.3 Å². The summed E-state index contributed by atoms with van der Waals surface area (Å²) in [6, 6.07) is 6.45. The van der Waals surface area contributed by atoms with Crippen LogP contribution in [-0.4, -0.2) is 36.7 Å². The number of nitrogens with two attached hydrogens (primary N) is 1. The quantitative estimate of drug-likeness (QED) is 0.640. The smallest absolute Gasteiger partial charge is 0.123 e. The topological polar surface area (TPSA) is 50.5 Å². The molecule has 2 rings (SSSR count). The van der Waals surface area contributed by atoms with Gasteiger partial charge in [0.1, 0.15) is 5.82 Å². The molecule has 0 aromatic heterocycles. The first-order valence-corrected chi connectivity index (χ1v) is 6.60. The third kappa shape index (κ3) is 3.12. The number of rotatable bonds is 4. The lowest BCUT2D eigenvalue weighted by Crippen LogP contribution is -2.57. The van der Waals surface area contributed by atoms with E-state index in [1.807, 2.05) is 6.07 Å². The van der Waals surface area contributed by atoms with Crippen molar-refractivity contribution in [3.05, 3.63) is 35.6 Å². The molecule has 1 aliphatic rings. The van der Waals surface area contributed by atoms with Gasteiger partial charge in [0.15, 0.2) is 0 Å². The molecule has 1 atom stereocenters. The second-order valence-corrected chi connectivity index (χ2v) is 5.41. The summed E-state index contributed by atoms with van der Waals surface area (Å²) >= 11 is 0. The third-order valence-electron chi connectivity index (χ3n) is 3.88. The van der Waals surface area contributed by atoms with Gasteiger partial charge in [-0.25, -0.2) is 4.39 Å². The number of hydrogen-bond acceptors (Lipinski definition) is 4. The molecule has 0 amide bonds. The molecular formula is C14H22FN3O. The minimum atomic E-state index is -0.240. The van der Waals surface area contributed by atoms with Crippen LogP contribution in [0.25, 0.3) is 0 Å². The lowest BCUT2D eigenvalue weighted by atomic mass is 9.87. The van der Waals surface area contributed by atoms with E-state index < -0.39 is 0 Å². The zero-order chi connectivity index (χ0) is 13.9. The van der Waals surface area contributed by atoms with E-state index in [2.05, 4.69) is 24.2 Å². The van der Waals surface area contributed by atoms with Gasteiger partial charge in [-0.05, 0) is 31.5 Å². The molecule has 1 aromatic rings. The largest absolute Gasteiger partial charge is 0.379 e. The summed E-state index contributed by atoms with van der Waals surface area (Å²) in [6.45, 7) is 7.41. The SMILES string of the molecule is CC(C)(C(NN)c1cccc(F)c1)N1CCOCC1. The van der Waals surface area contributed by atoms with E-state index in [-0.39, 0.29) is 17.4 Å². The van der Waals surface area contributed by atoms with Gasteiger partial charge in [0.2, 0.25) is 0 Å². The molecule has 1 saturated heterocycles. The third-order valence-corrected chi connectivity index (χ3v) is 3.88. The van der Waals surface area contributed by atoms with Crippen LogP contribution in [0.3, 0.4) is 0 Å². The predicted octanol–water partition coefficient (Wildman–Crippen LogP) is 1.44. The summed E-state index contributed by atoms with van der Waals surface area (Å²) in [4.78, 5) is 2.33. The molecule has 0 spiro atoms. The number of ether oxygens (including phenoxy) is 1. The van der Waals surface area contributed by atoms with Gasteiger partial charge < -0.3 is 4.74 Å². The molecule has 1 unspecified atom stereocenters. The van der Waals surface area contributed by atoms with Gasteiger partial charge in [-0.15, -0.1) is 0 Å². The van der Waals surface area contributed by atoms with Crippen LogP contribution in [0, 0.1) is 5.82 Å². The second kappa shape index (κ2) is 5.96. The first kappa shape index (κ1) is 14.4. The van der Waals surface area contributed by atoms with Crippen molar-refractivity contribution in [2.24, 2.45) is 5.84 Å². The molecule has 0 bridgehead atoms. The van der Waals surface area contributed by atoms with E-state index in [9.17, 15) is 4.39 Å². The van der Waals surface area contributed by atoms with E-state index >= 15 is 0 Å². The fraction of sp³-hybridized carbons (Fsp3) is 0.571. The highest BCUT2D eigenvalue weighted by Gasteiger charge is 2.36. The van der Waals surface area contributed by atoms with Crippen LogP contribution in [0.4, 0.5) is 4.39 Å². The van der Waals surface area contributed by atoms with Gasteiger partial charge in [0.05, 0.1) is 19.3 Å². The van der Waals surface area contributed by atoms with E-state index in [0.29, 0.717) is 0 Å². The maximum absolute atomic E-state index is 13.4. The minimum absolute atomic E-state index is 0.138. The molecule has 5 heteroatoms.